The number of rotatable bonds is 3. The van der Waals surface area contributed by atoms with Crippen molar-refractivity contribution in [1.29, 1.82) is 0 Å². The molecule has 0 aliphatic carbocycles. The predicted octanol–water partition coefficient (Wildman–Crippen LogP) is 1.91. The number of carbonyl (C=O) groups excluding carboxylic acids is 1. The molecule has 2 heterocycles. The summed E-state index contributed by atoms with van der Waals surface area (Å²) in [5, 5.41) is 3.99. The molecule has 1 fully saturated rings. The van der Waals surface area contributed by atoms with Gasteiger partial charge in [0.25, 0.3) is 0 Å². The smallest absolute Gasteiger partial charge is 0.351 e. The number of nitrogens with zero attached hydrogens (tertiary/aromatic N) is 1. The topological polar surface area (TPSA) is 68.3 Å². The largest absolute Gasteiger partial charge is 0.465 e. The van der Waals surface area contributed by atoms with Crippen molar-refractivity contribution >= 4 is 44.8 Å². The van der Waals surface area contributed by atoms with Crippen molar-refractivity contribution in [1.82, 2.24) is 4.98 Å². The van der Waals surface area contributed by atoms with Crippen LogP contribution in [0, 0.1) is 0 Å². The van der Waals surface area contributed by atoms with E-state index in [0.717, 1.165) is 12.8 Å². The maximum absolute atomic E-state index is 11.4. The third-order valence-electron chi connectivity index (χ3n) is 2.67. The highest BCUT2D eigenvalue weighted by Gasteiger charge is 2.21. The monoisotopic (exact) mass is 308 g/mol. The Labute approximate surface area is 116 Å². The number of aromatic nitrogens is 1. The summed E-state index contributed by atoms with van der Waals surface area (Å²) >= 11 is 7.05. The second-order valence-electron chi connectivity index (χ2n) is 3.90. The third-order valence-corrected chi connectivity index (χ3v) is 5.41. The molecular weight excluding hydrogens is 296 g/mol. The van der Waals surface area contributed by atoms with Crippen molar-refractivity contribution in [2.75, 3.05) is 23.9 Å². The lowest BCUT2D eigenvalue weighted by Gasteiger charge is -2.21. The summed E-state index contributed by atoms with van der Waals surface area (Å²) in [6.07, 6.45) is 1.69. The van der Waals surface area contributed by atoms with Crippen molar-refractivity contribution in [2.24, 2.45) is 0 Å². The normalized spacial score (nSPS) is 23.7. The van der Waals surface area contributed by atoms with Gasteiger partial charge in [-0.1, -0.05) is 22.9 Å². The van der Waals surface area contributed by atoms with Gasteiger partial charge in [-0.2, -0.15) is 0 Å². The van der Waals surface area contributed by atoms with Gasteiger partial charge in [0.15, 0.2) is 15.2 Å². The Morgan fingerprint density at radius 1 is 1.56 bits per heavy atom. The fraction of sp³-hybridized carbons (Fsp3) is 0.600. The Bertz CT molecular complexity index is 468. The first-order chi connectivity index (χ1) is 8.60. The standard InChI is InChI=1S/C10H13ClN2O3S2/c1-16-9(14)7-8(11)13-10(17-7)12-6-2-4-18(15)5-3-6/h6H,2-5H2,1H3,(H,12,13). The van der Waals surface area contributed by atoms with Gasteiger partial charge in [-0.3, -0.25) is 4.21 Å². The van der Waals surface area contributed by atoms with E-state index in [1.54, 1.807) is 0 Å². The first-order valence-corrected chi connectivity index (χ1v) is 8.14. The molecule has 0 spiro atoms. The van der Waals surface area contributed by atoms with Crippen LogP contribution in [0.25, 0.3) is 0 Å². The lowest BCUT2D eigenvalue weighted by atomic mass is 10.2. The molecule has 1 aromatic heterocycles. The van der Waals surface area contributed by atoms with Gasteiger partial charge in [-0.05, 0) is 12.8 Å². The van der Waals surface area contributed by atoms with Gasteiger partial charge in [-0.25, -0.2) is 9.78 Å². The van der Waals surface area contributed by atoms with Crippen LogP contribution < -0.4 is 5.32 Å². The maximum atomic E-state index is 11.4. The van der Waals surface area contributed by atoms with E-state index in [9.17, 15) is 9.00 Å². The number of nitrogens with one attached hydrogen (secondary N) is 1. The van der Waals surface area contributed by atoms with Crippen LogP contribution in [-0.2, 0) is 15.5 Å². The molecular formula is C10H13ClN2O3S2. The molecule has 1 aromatic rings. The van der Waals surface area contributed by atoms with Crippen molar-refractivity contribution in [3.63, 3.8) is 0 Å². The summed E-state index contributed by atoms with van der Waals surface area (Å²) in [6.45, 7) is 0. The quantitative estimate of drug-likeness (QED) is 0.864. The number of esters is 1. The zero-order valence-corrected chi connectivity index (χ0v) is 12.2. The number of hydrogen-bond donors (Lipinski definition) is 1. The molecule has 8 heteroatoms. The van der Waals surface area contributed by atoms with Gasteiger partial charge < -0.3 is 10.1 Å². The van der Waals surface area contributed by atoms with E-state index in [4.69, 9.17) is 11.6 Å². The van der Waals surface area contributed by atoms with Crippen molar-refractivity contribution < 1.29 is 13.7 Å². The molecule has 0 unspecified atom stereocenters. The minimum Gasteiger partial charge on any atom is -0.465 e. The lowest BCUT2D eigenvalue weighted by Crippen LogP contribution is -2.29. The van der Waals surface area contributed by atoms with Crippen LogP contribution in [0.4, 0.5) is 5.13 Å². The van der Waals surface area contributed by atoms with E-state index in [-0.39, 0.29) is 11.2 Å². The van der Waals surface area contributed by atoms with Crippen LogP contribution in [0.2, 0.25) is 5.15 Å². The predicted molar refractivity (Wildman–Crippen MR) is 73.0 cm³/mol. The first kappa shape index (κ1) is 13.8. The van der Waals surface area contributed by atoms with Crippen LogP contribution in [0.1, 0.15) is 22.5 Å². The molecule has 0 radical (unpaired) electrons. The molecule has 5 nitrogen and oxygen atoms in total. The summed E-state index contributed by atoms with van der Waals surface area (Å²) in [7, 11) is 0.623. The van der Waals surface area contributed by atoms with Gasteiger partial charge in [0.2, 0.25) is 0 Å². The Hall–Kier alpha value is -0.660. The van der Waals surface area contributed by atoms with Crippen molar-refractivity contribution in [3.05, 3.63) is 10.0 Å². The minimum atomic E-state index is -0.684. The van der Waals surface area contributed by atoms with Gasteiger partial charge in [0, 0.05) is 28.3 Å². The molecule has 100 valence electrons. The highest BCUT2D eigenvalue weighted by Crippen LogP contribution is 2.29. The Morgan fingerprint density at radius 2 is 2.22 bits per heavy atom. The Morgan fingerprint density at radius 3 is 2.83 bits per heavy atom. The average molecular weight is 309 g/mol. The summed E-state index contributed by atoms with van der Waals surface area (Å²) in [5.74, 6) is 0.941. The van der Waals surface area contributed by atoms with Crippen molar-refractivity contribution in [3.8, 4) is 0 Å². The van der Waals surface area contributed by atoms with Crippen LogP contribution in [0.3, 0.4) is 0 Å². The highest BCUT2D eigenvalue weighted by atomic mass is 35.5. The molecule has 1 N–H and O–H groups in total. The average Bonchev–Trinajstić information content (AvgIpc) is 2.72. The van der Waals surface area contributed by atoms with E-state index in [0.29, 0.717) is 21.5 Å². The molecule has 1 aliphatic heterocycles. The summed E-state index contributed by atoms with van der Waals surface area (Å²) < 4.78 is 15.8. The Balaban J connectivity index is 2.02. The van der Waals surface area contributed by atoms with Crippen LogP contribution in [0.15, 0.2) is 0 Å². The van der Waals surface area contributed by atoms with E-state index in [2.05, 4.69) is 15.0 Å². The second-order valence-corrected chi connectivity index (χ2v) is 6.95. The zero-order chi connectivity index (χ0) is 13.1. The lowest BCUT2D eigenvalue weighted by molar-refractivity contribution is 0.0606. The van der Waals surface area contributed by atoms with Crippen LogP contribution >= 0.6 is 22.9 Å². The van der Waals surface area contributed by atoms with Crippen molar-refractivity contribution in [2.45, 2.75) is 18.9 Å². The SMILES string of the molecule is COC(=O)c1sc(NC2CCS(=O)CC2)nc1Cl. The molecule has 1 saturated heterocycles. The zero-order valence-electron chi connectivity index (χ0n) is 9.77. The van der Waals surface area contributed by atoms with Crippen LogP contribution in [-0.4, -0.2) is 39.8 Å². The number of methoxy groups -OCH3 is 1. The highest BCUT2D eigenvalue weighted by molar-refractivity contribution is 7.85. The molecule has 18 heavy (non-hydrogen) atoms. The van der Waals surface area contributed by atoms with Gasteiger partial charge in [0.1, 0.15) is 0 Å². The van der Waals surface area contributed by atoms with Gasteiger partial charge >= 0.3 is 5.97 Å². The van der Waals surface area contributed by atoms with E-state index >= 15 is 0 Å². The number of thiazole rings is 1. The summed E-state index contributed by atoms with van der Waals surface area (Å²) in [5.41, 5.74) is 0. The molecule has 1 aliphatic rings. The second kappa shape index (κ2) is 5.99. The van der Waals surface area contributed by atoms with Gasteiger partial charge in [0.05, 0.1) is 7.11 Å². The molecule has 0 saturated carbocycles. The molecule has 0 atom stereocenters. The van der Waals surface area contributed by atoms with E-state index < -0.39 is 16.8 Å². The molecule has 2 rings (SSSR count). The Kier molecular flexibility index (Phi) is 4.58. The minimum absolute atomic E-state index is 0.161. The fourth-order valence-corrected chi connectivity index (χ4v) is 4.17. The molecule has 0 aromatic carbocycles. The van der Waals surface area contributed by atoms with Gasteiger partial charge in [-0.15, -0.1) is 0 Å². The molecule has 0 amide bonds. The molecule has 0 bridgehead atoms. The number of hydrogen-bond acceptors (Lipinski definition) is 6. The maximum Gasteiger partial charge on any atom is 0.351 e. The number of halogens is 1. The van der Waals surface area contributed by atoms with E-state index in [1.807, 2.05) is 0 Å². The number of ether oxygens (including phenoxy) is 1. The fourth-order valence-electron chi connectivity index (χ4n) is 1.69. The summed E-state index contributed by atoms with van der Waals surface area (Å²) in [4.78, 5) is 15.8. The third kappa shape index (κ3) is 3.21. The first-order valence-electron chi connectivity index (χ1n) is 5.46. The number of carbonyl (C=O) groups is 1. The van der Waals surface area contributed by atoms with Crippen LogP contribution in [0.5, 0.6) is 0 Å². The number of anilines is 1. The van der Waals surface area contributed by atoms with E-state index in [1.165, 1.54) is 18.4 Å². The summed E-state index contributed by atoms with van der Waals surface area (Å²) in [6, 6.07) is 0.246.